The Balaban J connectivity index is 2.54. The van der Waals surface area contributed by atoms with Crippen LogP contribution in [0.4, 0.5) is 0 Å². The number of rotatable bonds is 1. The summed E-state index contributed by atoms with van der Waals surface area (Å²) in [6.45, 7) is 2.12. The average molecular weight is 68.7 g/mol. The van der Waals surface area contributed by atoms with E-state index in [4.69, 9.17) is 0 Å². The molecule has 0 amide bonds. The first-order valence-electron chi connectivity index (χ1n) is 1.92. The van der Waals surface area contributed by atoms with Gasteiger partial charge in [0, 0.05) is 0 Å². The molecule has 0 saturated carbocycles. The normalized spacial score (nSPS) is 8.60. The van der Waals surface area contributed by atoms with E-state index in [0.717, 1.165) is 7.41 Å². The van der Waals surface area contributed by atoms with Crippen LogP contribution in [0.3, 0.4) is 0 Å². The van der Waals surface area contributed by atoms with E-state index in [-0.39, 0.29) is 0 Å². The molecule has 0 N–H and O–H groups in total. The Morgan fingerprint density at radius 1 is 1.80 bits per heavy atom. The minimum absolute atomic E-state index is 1.14. The Morgan fingerprint density at radius 3 is 2.00 bits per heavy atom. The Morgan fingerprint density at radius 2 is 2.00 bits per heavy atom. The topological polar surface area (TPSA) is 3.24 Å². The van der Waals surface area contributed by atoms with Crippen molar-refractivity contribution in [3.8, 4) is 0 Å². The van der Waals surface area contributed by atoms with E-state index >= 15 is 0 Å². The van der Waals surface area contributed by atoms with Gasteiger partial charge in [-0.1, -0.05) is 6.82 Å². The van der Waals surface area contributed by atoms with Gasteiger partial charge in [0.05, 0.1) is 0 Å². The first-order valence-corrected chi connectivity index (χ1v) is 1.92. The van der Waals surface area contributed by atoms with Crippen molar-refractivity contribution in [3.63, 3.8) is 0 Å². The van der Waals surface area contributed by atoms with Crippen molar-refractivity contribution < 1.29 is 0 Å². The molecule has 0 aliphatic carbocycles. The third-order valence-corrected chi connectivity index (χ3v) is 0.632. The van der Waals surface area contributed by atoms with Crippen LogP contribution in [0.2, 0.25) is 6.82 Å². The highest BCUT2D eigenvalue weighted by Gasteiger charge is 1.76. The second kappa shape index (κ2) is 2.33. The van der Waals surface area contributed by atoms with Crippen LogP contribution in [0.1, 0.15) is 0 Å². The summed E-state index contributed by atoms with van der Waals surface area (Å²) in [5, 5.41) is 0. The van der Waals surface area contributed by atoms with Gasteiger partial charge < -0.3 is 4.72 Å². The van der Waals surface area contributed by atoms with Crippen LogP contribution in [-0.4, -0.2) is 27.2 Å². The zero-order valence-corrected chi connectivity index (χ0v) is 4.15. The zero-order valence-electron chi connectivity index (χ0n) is 4.15. The Hall–Kier alpha value is 0.0899. The van der Waals surface area contributed by atoms with Gasteiger partial charge in [-0.05, 0) is 7.05 Å². The summed E-state index contributed by atoms with van der Waals surface area (Å²) in [6, 6.07) is 0. The zero-order chi connectivity index (χ0) is 4.28. The summed E-state index contributed by atoms with van der Waals surface area (Å²) in [4.78, 5) is 0. The van der Waals surface area contributed by atoms with Crippen LogP contribution in [0.5, 0.6) is 0 Å². The molecule has 0 unspecified atom stereocenters. The van der Waals surface area contributed by atoms with Gasteiger partial charge in [-0.3, -0.25) is 0 Å². The average Bonchev–Trinajstić information content (AvgIpc) is 1.38. The van der Waals surface area contributed by atoms with Crippen LogP contribution in [-0.2, 0) is 0 Å². The summed E-state index contributed by atoms with van der Waals surface area (Å²) < 4.78 is 2.12. The van der Waals surface area contributed by atoms with Crippen LogP contribution in [0, 0.1) is 0 Å². The molecule has 0 bridgehead atoms. The van der Waals surface area contributed by atoms with E-state index in [1.54, 1.807) is 0 Å². The Kier molecular flexibility index (Phi) is 2.38. The van der Waals surface area contributed by atoms with E-state index in [0.29, 0.717) is 0 Å². The van der Waals surface area contributed by atoms with Crippen LogP contribution < -0.4 is 0 Å². The highest BCUT2D eigenvalue weighted by molar-refractivity contribution is 6.39. The summed E-state index contributed by atoms with van der Waals surface area (Å²) in [7, 11) is 5.25. The molecule has 0 radical (unpaired) electrons. The monoisotopic (exact) mass is 69.1 g/mol. The second-order valence-corrected chi connectivity index (χ2v) is 1.40. The van der Waals surface area contributed by atoms with Crippen LogP contribution >= 0.6 is 0 Å². The van der Waals surface area contributed by atoms with Gasteiger partial charge in [-0.15, -0.1) is 0 Å². The van der Waals surface area contributed by atoms with E-state index < -0.39 is 0 Å². The molecule has 0 fully saturated rings. The Bertz CT molecular complexity index is 21.6. The molecule has 0 rings (SSSR count). The maximum atomic E-state index is 2.12. The minimum atomic E-state index is 1.14. The molecule has 28 valence electrons. The molecule has 0 heterocycles. The molecule has 0 aromatic carbocycles. The molecule has 0 aliphatic heterocycles. The van der Waals surface area contributed by atoms with Crippen LogP contribution in [0.15, 0.2) is 0 Å². The highest BCUT2D eigenvalue weighted by atomic mass is 14.9. The minimum Gasteiger partial charge on any atom is -0.396 e. The maximum Gasteiger partial charge on any atom is 0.188 e. The van der Waals surface area contributed by atoms with E-state index in [1.165, 1.54) is 0 Å². The van der Waals surface area contributed by atoms with E-state index in [1.807, 2.05) is 0 Å². The number of nitrogens with zero attached hydrogens (tertiary/aromatic N) is 1. The molecule has 3 heteroatoms. The van der Waals surface area contributed by atoms with Crippen molar-refractivity contribution in [2.45, 2.75) is 6.82 Å². The van der Waals surface area contributed by atoms with Crippen molar-refractivity contribution in [1.29, 1.82) is 0 Å². The van der Waals surface area contributed by atoms with Gasteiger partial charge in [0.1, 0.15) is 0 Å². The SMILES string of the molecule is BN(C)BC. The van der Waals surface area contributed by atoms with Gasteiger partial charge in [0.25, 0.3) is 0 Å². The first kappa shape index (κ1) is 5.09. The first-order chi connectivity index (χ1) is 2.27. The second-order valence-electron chi connectivity index (χ2n) is 1.40. The molecule has 0 atom stereocenters. The molecular weight excluding hydrogens is 59.7 g/mol. The third kappa shape index (κ3) is 4.09. The van der Waals surface area contributed by atoms with Crippen molar-refractivity contribution >= 4 is 15.4 Å². The van der Waals surface area contributed by atoms with Gasteiger partial charge in [0.15, 0.2) is 15.4 Å². The number of hydrogen-bond acceptors (Lipinski definition) is 1. The molecule has 5 heavy (non-hydrogen) atoms. The Labute approximate surface area is 35.0 Å². The lowest BCUT2D eigenvalue weighted by atomic mass is 9.93. The molecule has 0 spiro atoms. The molecule has 0 aromatic heterocycles. The fourth-order valence-corrected chi connectivity index (χ4v) is 0. The smallest absolute Gasteiger partial charge is 0.188 e. The molecule has 1 nitrogen and oxygen atoms in total. The summed E-state index contributed by atoms with van der Waals surface area (Å²) in [5.74, 6) is 0. The van der Waals surface area contributed by atoms with Crippen molar-refractivity contribution in [3.05, 3.63) is 0 Å². The largest absolute Gasteiger partial charge is 0.396 e. The summed E-state index contributed by atoms with van der Waals surface area (Å²) in [6.07, 6.45) is 0. The summed E-state index contributed by atoms with van der Waals surface area (Å²) in [5.41, 5.74) is 0. The van der Waals surface area contributed by atoms with Gasteiger partial charge >= 0.3 is 0 Å². The third-order valence-electron chi connectivity index (χ3n) is 0.632. The predicted molar refractivity (Wildman–Crippen MR) is 29.3 cm³/mol. The van der Waals surface area contributed by atoms with Gasteiger partial charge in [0.2, 0.25) is 0 Å². The van der Waals surface area contributed by atoms with Crippen molar-refractivity contribution in [1.82, 2.24) is 4.72 Å². The van der Waals surface area contributed by atoms with Crippen LogP contribution in [0.25, 0.3) is 0 Å². The lowest BCUT2D eigenvalue weighted by Gasteiger charge is -1.98. The highest BCUT2D eigenvalue weighted by Crippen LogP contribution is 1.58. The molecule has 0 aliphatic rings. The van der Waals surface area contributed by atoms with Crippen molar-refractivity contribution in [2.75, 3.05) is 7.05 Å². The number of hydrogen-bond donors (Lipinski definition) is 0. The fourth-order valence-electron chi connectivity index (χ4n) is 0. The van der Waals surface area contributed by atoms with E-state index in [9.17, 15) is 0 Å². The quantitative estimate of drug-likeness (QED) is 0.352. The molecular formula is C2H9B2N. The van der Waals surface area contributed by atoms with Crippen molar-refractivity contribution in [2.24, 2.45) is 0 Å². The lowest BCUT2D eigenvalue weighted by Crippen LogP contribution is -2.14. The van der Waals surface area contributed by atoms with E-state index in [2.05, 4.69) is 26.6 Å². The maximum absolute atomic E-state index is 2.12. The van der Waals surface area contributed by atoms with Gasteiger partial charge in [-0.2, -0.15) is 0 Å². The molecule has 0 saturated heterocycles. The summed E-state index contributed by atoms with van der Waals surface area (Å²) >= 11 is 0. The van der Waals surface area contributed by atoms with Gasteiger partial charge in [-0.25, -0.2) is 0 Å². The lowest BCUT2D eigenvalue weighted by molar-refractivity contribution is 0.872. The fraction of sp³-hybridized carbons (Fsp3) is 1.00. The standard InChI is InChI=1S/C2H9B2N/c1-4-5(2)3/h4H,3H2,1-2H3. The predicted octanol–water partition coefficient (Wildman–Crippen LogP) is -1.13. The molecule has 0 aromatic rings.